The molecular weight excluding hydrogens is 298 g/mol. The number of imidazole rings is 1. The van der Waals surface area contributed by atoms with Gasteiger partial charge >= 0.3 is 0 Å². The number of hydrogen-bond acceptors (Lipinski definition) is 3. The number of benzene rings is 2. The lowest BCUT2D eigenvalue weighted by Crippen LogP contribution is -2.30. The van der Waals surface area contributed by atoms with E-state index < -0.39 is 0 Å². The van der Waals surface area contributed by atoms with E-state index in [1.165, 1.54) is 10.9 Å². The Labute approximate surface area is 139 Å². The Bertz CT molecular complexity index is 938. The maximum absolute atomic E-state index is 5.79. The van der Waals surface area contributed by atoms with E-state index in [9.17, 15) is 0 Å². The van der Waals surface area contributed by atoms with Gasteiger partial charge in [-0.05, 0) is 18.1 Å². The Morgan fingerprint density at radius 1 is 0.958 bits per heavy atom. The summed E-state index contributed by atoms with van der Waals surface area (Å²) in [5.41, 5.74) is 7.23. The van der Waals surface area contributed by atoms with Crippen LogP contribution in [-0.4, -0.2) is 15.0 Å². The molecule has 2 aromatic carbocycles. The van der Waals surface area contributed by atoms with E-state index in [0.717, 1.165) is 29.0 Å². The van der Waals surface area contributed by atoms with Crippen molar-refractivity contribution in [2.24, 2.45) is 5.84 Å². The predicted octanol–water partition coefficient (Wildman–Crippen LogP) is 3.31. The molecule has 0 unspecified atom stereocenters. The van der Waals surface area contributed by atoms with Crippen molar-refractivity contribution in [1.82, 2.24) is 20.4 Å². The first-order chi connectivity index (χ1) is 11.8. The minimum Gasteiger partial charge on any atom is -0.361 e. The molecule has 1 atom stereocenters. The van der Waals surface area contributed by atoms with Gasteiger partial charge < -0.3 is 9.97 Å². The van der Waals surface area contributed by atoms with Crippen LogP contribution in [0.15, 0.2) is 67.0 Å². The number of H-pyrrole nitrogens is 2. The second-order valence-corrected chi connectivity index (χ2v) is 5.82. The van der Waals surface area contributed by atoms with Crippen molar-refractivity contribution >= 4 is 10.9 Å². The van der Waals surface area contributed by atoms with Gasteiger partial charge in [-0.25, -0.2) is 10.4 Å². The van der Waals surface area contributed by atoms with E-state index in [1.54, 1.807) is 0 Å². The molecule has 0 fully saturated rings. The summed E-state index contributed by atoms with van der Waals surface area (Å²) in [6.45, 7) is 0. The highest BCUT2D eigenvalue weighted by atomic mass is 15.2. The van der Waals surface area contributed by atoms with Crippen LogP contribution in [0.2, 0.25) is 0 Å². The maximum atomic E-state index is 5.79. The molecule has 2 heterocycles. The zero-order valence-electron chi connectivity index (χ0n) is 13.2. The fraction of sp³-hybridized carbons (Fsp3) is 0.105. The molecule has 0 saturated heterocycles. The van der Waals surface area contributed by atoms with E-state index in [0.29, 0.717) is 0 Å². The molecule has 4 aromatic rings. The number of rotatable bonds is 5. The van der Waals surface area contributed by atoms with Crippen molar-refractivity contribution in [1.29, 1.82) is 0 Å². The van der Waals surface area contributed by atoms with E-state index in [2.05, 4.69) is 27.5 Å². The summed E-state index contributed by atoms with van der Waals surface area (Å²) in [5.74, 6) is 6.63. The van der Waals surface area contributed by atoms with Gasteiger partial charge in [0.05, 0.1) is 11.7 Å². The molecule has 5 N–H and O–H groups in total. The summed E-state index contributed by atoms with van der Waals surface area (Å²) >= 11 is 0. The molecule has 0 spiro atoms. The highest BCUT2D eigenvalue weighted by Crippen LogP contribution is 2.24. The van der Waals surface area contributed by atoms with Crippen molar-refractivity contribution in [3.63, 3.8) is 0 Å². The fourth-order valence-electron chi connectivity index (χ4n) is 3.03. The van der Waals surface area contributed by atoms with Gasteiger partial charge in [-0.2, -0.15) is 0 Å². The quantitative estimate of drug-likeness (QED) is 0.337. The number of aromatic amines is 2. The molecule has 4 rings (SSSR count). The number of hydrogen-bond donors (Lipinski definition) is 4. The topological polar surface area (TPSA) is 82.5 Å². The Morgan fingerprint density at radius 3 is 2.58 bits per heavy atom. The maximum Gasteiger partial charge on any atom is 0.125 e. The van der Waals surface area contributed by atoms with Crippen LogP contribution in [0.25, 0.3) is 22.2 Å². The first-order valence-corrected chi connectivity index (χ1v) is 7.97. The smallest absolute Gasteiger partial charge is 0.125 e. The molecule has 0 amide bonds. The molecule has 0 bridgehead atoms. The molecular formula is C19H19N5. The number of fused-ring (bicyclic) bond motifs is 1. The molecule has 0 saturated carbocycles. The van der Waals surface area contributed by atoms with Gasteiger partial charge in [-0.15, -0.1) is 0 Å². The Morgan fingerprint density at radius 2 is 1.75 bits per heavy atom. The minimum absolute atomic E-state index is 0.0818. The predicted molar refractivity (Wildman–Crippen MR) is 96.1 cm³/mol. The summed E-state index contributed by atoms with van der Waals surface area (Å²) in [6.07, 6.45) is 4.71. The summed E-state index contributed by atoms with van der Waals surface area (Å²) in [6, 6.07) is 18.3. The van der Waals surface area contributed by atoms with Crippen LogP contribution in [0.5, 0.6) is 0 Å². The Kier molecular flexibility index (Phi) is 3.86. The lowest BCUT2D eigenvalue weighted by atomic mass is 10.1. The van der Waals surface area contributed by atoms with Crippen molar-refractivity contribution in [3.8, 4) is 11.3 Å². The zero-order chi connectivity index (χ0) is 16.4. The van der Waals surface area contributed by atoms with Gasteiger partial charge in [-0.1, -0.05) is 48.5 Å². The zero-order valence-corrected chi connectivity index (χ0v) is 13.2. The third kappa shape index (κ3) is 2.71. The average molecular weight is 317 g/mol. The molecule has 0 radical (unpaired) electrons. The summed E-state index contributed by atoms with van der Waals surface area (Å²) < 4.78 is 0. The van der Waals surface area contributed by atoms with Crippen LogP contribution in [0, 0.1) is 0 Å². The number of para-hydroxylation sites is 1. The average Bonchev–Trinajstić information content (AvgIpc) is 3.28. The molecule has 5 heteroatoms. The molecule has 2 aromatic heterocycles. The molecule has 5 nitrogen and oxygen atoms in total. The van der Waals surface area contributed by atoms with Gasteiger partial charge in [-0.3, -0.25) is 5.84 Å². The van der Waals surface area contributed by atoms with E-state index in [-0.39, 0.29) is 6.04 Å². The van der Waals surface area contributed by atoms with Crippen molar-refractivity contribution in [2.75, 3.05) is 0 Å². The third-order valence-electron chi connectivity index (χ3n) is 4.30. The lowest BCUT2D eigenvalue weighted by molar-refractivity contribution is 0.529. The van der Waals surface area contributed by atoms with Gasteiger partial charge in [0, 0.05) is 28.9 Å². The minimum atomic E-state index is -0.0818. The van der Waals surface area contributed by atoms with Crippen LogP contribution in [0.3, 0.4) is 0 Å². The SMILES string of the molecule is NN[C@H](Cc1c[nH]c2ccccc12)c1nc(-c2ccccc2)c[nH]1. The molecule has 0 aliphatic heterocycles. The van der Waals surface area contributed by atoms with E-state index >= 15 is 0 Å². The molecule has 120 valence electrons. The second kappa shape index (κ2) is 6.31. The highest BCUT2D eigenvalue weighted by molar-refractivity contribution is 5.83. The Hall–Kier alpha value is -2.89. The monoisotopic (exact) mass is 317 g/mol. The van der Waals surface area contributed by atoms with E-state index in [1.807, 2.05) is 54.9 Å². The molecule has 24 heavy (non-hydrogen) atoms. The van der Waals surface area contributed by atoms with Crippen LogP contribution in [-0.2, 0) is 6.42 Å². The van der Waals surface area contributed by atoms with Gasteiger partial charge in [0.2, 0.25) is 0 Å². The summed E-state index contributed by atoms with van der Waals surface area (Å²) in [4.78, 5) is 11.3. The van der Waals surface area contributed by atoms with Crippen molar-refractivity contribution in [3.05, 3.63) is 78.4 Å². The van der Waals surface area contributed by atoms with Crippen LogP contribution >= 0.6 is 0 Å². The number of aromatic nitrogens is 3. The van der Waals surface area contributed by atoms with Crippen molar-refractivity contribution in [2.45, 2.75) is 12.5 Å². The van der Waals surface area contributed by atoms with Crippen LogP contribution in [0.1, 0.15) is 17.4 Å². The second-order valence-electron chi connectivity index (χ2n) is 5.82. The third-order valence-corrected chi connectivity index (χ3v) is 4.30. The van der Waals surface area contributed by atoms with Gasteiger partial charge in [0.25, 0.3) is 0 Å². The highest BCUT2D eigenvalue weighted by Gasteiger charge is 2.17. The fourth-order valence-corrected chi connectivity index (χ4v) is 3.03. The number of nitrogens with one attached hydrogen (secondary N) is 3. The summed E-state index contributed by atoms with van der Waals surface area (Å²) in [5, 5.41) is 1.22. The normalized spacial score (nSPS) is 12.5. The van der Waals surface area contributed by atoms with E-state index in [4.69, 9.17) is 10.8 Å². The number of hydrazine groups is 1. The van der Waals surface area contributed by atoms with Crippen molar-refractivity contribution < 1.29 is 0 Å². The molecule has 0 aliphatic rings. The first kappa shape index (κ1) is 14.7. The lowest BCUT2D eigenvalue weighted by Gasteiger charge is -2.12. The largest absolute Gasteiger partial charge is 0.361 e. The van der Waals surface area contributed by atoms with Crippen LogP contribution in [0.4, 0.5) is 0 Å². The molecule has 0 aliphatic carbocycles. The number of nitrogens with zero attached hydrogens (tertiary/aromatic N) is 1. The Balaban J connectivity index is 1.61. The summed E-state index contributed by atoms with van der Waals surface area (Å²) in [7, 11) is 0. The number of nitrogens with two attached hydrogens (primary N) is 1. The van der Waals surface area contributed by atoms with Gasteiger partial charge in [0.15, 0.2) is 0 Å². The van der Waals surface area contributed by atoms with Crippen LogP contribution < -0.4 is 11.3 Å². The standard InChI is InChI=1S/C19H19N5/c20-24-17(10-14-11-21-16-9-5-4-8-15(14)16)19-22-12-18(23-19)13-6-2-1-3-7-13/h1-9,11-12,17,21,24H,10,20H2,(H,22,23)/t17-/m1/s1. The van der Waals surface area contributed by atoms with Gasteiger partial charge in [0.1, 0.15) is 5.82 Å². The first-order valence-electron chi connectivity index (χ1n) is 7.97.